The van der Waals surface area contributed by atoms with Crippen LogP contribution in [0.15, 0.2) is 11.0 Å². The summed E-state index contributed by atoms with van der Waals surface area (Å²) < 4.78 is 19.8. The van der Waals surface area contributed by atoms with E-state index in [1.807, 2.05) is 4.90 Å². The lowest BCUT2D eigenvalue weighted by Gasteiger charge is -2.28. The average molecular weight is 371 g/mol. The van der Waals surface area contributed by atoms with Gasteiger partial charge in [-0.25, -0.2) is 14.3 Å². The molecule has 0 spiro atoms. The molecule has 2 heterocycles. The number of hydrogen-bond acceptors (Lipinski definition) is 5. The smallest absolute Gasteiger partial charge is 0.407 e. The van der Waals surface area contributed by atoms with Gasteiger partial charge in [0.2, 0.25) is 0 Å². The number of alkyl halides is 1. The Kier molecular flexibility index (Phi) is 3.90. The van der Waals surface area contributed by atoms with Gasteiger partial charge in [-0.1, -0.05) is 11.6 Å². The van der Waals surface area contributed by atoms with E-state index in [0.717, 1.165) is 0 Å². The number of anilines is 1. The van der Waals surface area contributed by atoms with Crippen molar-refractivity contribution in [2.24, 2.45) is 0 Å². The van der Waals surface area contributed by atoms with Crippen LogP contribution in [0, 0.1) is 0 Å². The van der Waals surface area contributed by atoms with Gasteiger partial charge in [-0.15, -0.1) is 0 Å². The molecule has 25 heavy (non-hydrogen) atoms. The summed E-state index contributed by atoms with van der Waals surface area (Å²) in [6.45, 7) is 1.06. The summed E-state index contributed by atoms with van der Waals surface area (Å²) >= 11 is 6.01. The van der Waals surface area contributed by atoms with Crippen molar-refractivity contribution in [3.8, 4) is 0 Å². The number of hydrogen-bond donors (Lipinski definition) is 2. The molecule has 9 heteroatoms. The number of alkyl carbamates (subject to hydrolysis) is 1. The Morgan fingerprint density at radius 3 is 2.88 bits per heavy atom. The van der Waals surface area contributed by atoms with Crippen molar-refractivity contribution in [2.45, 2.75) is 55.8 Å². The Bertz CT molecular complexity index is 747. The zero-order chi connectivity index (χ0) is 17.7. The summed E-state index contributed by atoms with van der Waals surface area (Å²) in [6, 6.07) is 0. The van der Waals surface area contributed by atoms with Gasteiger partial charge in [-0.3, -0.25) is 4.79 Å². The zero-order valence-electron chi connectivity index (χ0n) is 13.7. The average Bonchev–Trinajstić information content (AvgIpc) is 3.22. The van der Waals surface area contributed by atoms with Crippen LogP contribution in [-0.2, 0) is 4.74 Å². The van der Waals surface area contributed by atoms with Crippen LogP contribution < -0.4 is 15.8 Å². The molecular weight excluding hydrogens is 351 g/mol. The molecule has 3 fully saturated rings. The van der Waals surface area contributed by atoms with Crippen LogP contribution in [0.1, 0.15) is 38.5 Å². The molecule has 2 N–H and O–H groups in total. The van der Waals surface area contributed by atoms with Gasteiger partial charge >= 0.3 is 6.09 Å². The molecule has 2 saturated carbocycles. The number of carbonyl (C=O) groups is 1. The number of nitrogens with zero attached hydrogens (tertiary/aromatic N) is 2. The molecule has 0 aromatic carbocycles. The number of rotatable bonds is 3. The van der Waals surface area contributed by atoms with Crippen molar-refractivity contribution in [3.05, 3.63) is 21.6 Å². The molecule has 1 aromatic rings. The molecule has 1 amide bonds. The van der Waals surface area contributed by atoms with Gasteiger partial charge in [0.05, 0.1) is 18.4 Å². The topological polar surface area (TPSA) is 87.3 Å². The molecule has 2 aliphatic carbocycles. The van der Waals surface area contributed by atoms with Crippen molar-refractivity contribution in [1.29, 1.82) is 0 Å². The number of aromatic nitrogens is 2. The normalized spacial score (nSPS) is 33.7. The lowest BCUT2D eigenvalue weighted by atomic mass is 9.93. The molecule has 0 unspecified atom stereocenters. The van der Waals surface area contributed by atoms with E-state index in [-0.39, 0.29) is 11.1 Å². The van der Waals surface area contributed by atoms with Gasteiger partial charge in [0.25, 0.3) is 5.56 Å². The van der Waals surface area contributed by atoms with Crippen LogP contribution in [0.2, 0.25) is 5.02 Å². The predicted molar refractivity (Wildman–Crippen MR) is 89.8 cm³/mol. The van der Waals surface area contributed by atoms with E-state index in [2.05, 4.69) is 15.5 Å². The minimum Gasteiger partial charge on any atom is -0.444 e. The van der Waals surface area contributed by atoms with Crippen molar-refractivity contribution >= 4 is 23.4 Å². The van der Waals surface area contributed by atoms with Crippen molar-refractivity contribution in [1.82, 2.24) is 15.5 Å². The maximum Gasteiger partial charge on any atom is 0.407 e. The number of H-pyrrole nitrogens is 1. The number of amides is 1. The zero-order valence-corrected chi connectivity index (χ0v) is 14.4. The molecule has 3 aliphatic rings. The number of halogens is 2. The highest BCUT2D eigenvalue weighted by Gasteiger charge is 2.55. The largest absolute Gasteiger partial charge is 0.444 e. The summed E-state index contributed by atoms with van der Waals surface area (Å²) in [5.41, 5.74) is -1.46. The second kappa shape index (κ2) is 5.86. The predicted octanol–water partition coefficient (Wildman–Crippen LogP) is 2.15. The van der Waals surface area contributed by atoms with Gasteiger partial charge in [-0.05, 0) is 25.7 Å². The van der Waals surface area contributed by atoms with E-state index in [9.17, 15) is 14.0 Å². The SMILES string of the molecule is O=C(NC12CCC(F)(CC1)C2)O[C@@H]1CCN(c2cn[nH]c(=O)c2Cl)C1. The van der Waals surface area contributed by atoms with E-state index >= 15 is 0 Å². The third kappa shape index (κ3) is 3.07. The fourth-order valence-corrected chi connectivity index (χ4v) is 4.55. The van der Waals surface area contributed by atoms with Gasteiger partial charge < -0.3 is 15.0 Å². The minimum absolute atomic E-state index is 0.0789. The van der Waals surface area contributed by atoms with Crippen LogP contribution in [0.3, 0.4) is 0 Å². The molecule has 2 bridgehead atoms. The Hall–Kier alpha value is -1.83. The molecule has 4 rings (SSSR count). The maximum atomic E-state index is 14.2. The minimum atomic E-state index is -1.11. The van der Waals surface area contributed by atoms with Crippen LogP contribution >= 0.6 is 11.6 Å². The van der Waals surface area contributed by atoms with E-state index in [1.165, 1.54) is 6.20 Å². The number of ether oxygens (including phenoxy) is 1. The van der Waals surface area contributed by atoms with Crippen molar-refractivity contribution in [2.75, 3.05) is 18.0 Å². The van der Waals surface area contributed by atoms with Crippen molar-refractivity contribution in [3.63, 3.8) is 0 Å². The number of nitrogens with one attached hydrogen (secondary N) is 2. The fourth-order valence-electron chi connectivity index (χ4n) is 4.34. The third-order valence-corrected chi connectivity index (χ3v) is 6.03. The molecule has 1 aliphatic heterocycles. The first kappa shape index (κ1) is 16.6. The van der Waals surface area contributed by atoms with Crippen LogP contribution in [0.25, 0.3) is 0 Å². The first-order valence-corrected chi connectivity index (χ1v) is 8.92. The van der Waals surface area contributed by atoms with Crippen molar-refractivity contribution < 1.29 is 13.9 Å². The van der Waals surface area contributed by atoms with Gasteiger partial charge in [0, 0.05) is 24.9 Å². The highest BCUT2D eigenvalue weighted by molar-refractivity contribution is 6.33. The second-order valence-electron chi connectivity index (χ2n) is 7.39. The monoisotopic (exact) mass is 370 g/mol. The Balaban J connectivity index is 1.34. The Labute approximate surface area is 148 Å². The first-order valence-electron chi connectivity index (χ1n) is 8.54. The van der Waals surface area contributed by atoms with Crippen LogP contribution in [0.4, 0.5) is 14.9 Å². The summed E-state index contributed by atoms with van der Waals surface area (Å²) in [5, 5.41) is 9.01. The van der Waals surface area contributed by atoms with E-state index in [0.29, 0.717) is 57.3 Å². The summed E-state index contributed by atoms with van der Waals surface area (Å²) in [5.74, 6) is 0. The Morgan fingerprint density at radius 1 is 1.44 bits per heavy atom. The quantitative estimate of drug-likeness (QED) is 0.851. The molecule has 1 atom stereocenters. The van der Waals surface area contributed by atoms with Gasteiger partial charge in [-0.2, -0.15) is 5.10 Å². The fraction of sp³-hybridized carbons (Fsp3) is 0.688. The molecule has 136 valence electrons. The van der Waals surface area contributed by atoms with E-state index in [1.54, 1.807) is 0 Å². The molecule has 0 radical (unpaired) electrons. The van der Waals surface area contributed by atoms with Crippen LogP contribution in [0.5, 0.6) is 0 Å². The number of aromatic amines is 1. The summed E-state index contributed by atoms with van der Waals surface area (Å²) in [4.78, 5) is 25.7. The molecule has 1 saturated heterocycles. The van der Waals surface area contributed by atoms with E-state index in [4.69, 9.17) is 16.3 Å². The molecule has 1 aromatic heterocycles. The third-order valence-electron chi connectivity index (χ3n) is 5.66. The lowest BCUT2D eigenvalue weighted by Crippen LogP contribution is -2.46. The molecular formula is C16H20ClFN4O3. The number of carbonyl (C=O) groups excluding carboxylic acids is 1. The summed E-state index contributed by atoms with van der Waals surface area (Å²) in [7, 11) is 0. The van der Waals surface area contributed by atoms with Gasteiger partial charge in [0.1, 0.15) is 16.8 Å². The van der Waals surface area contributed by atoms with Crippen LogP contribution in [-0.4, -0.2) is 46.7 Å². The maximum absolute atomic E-state index is 14.2. The number of fused-ring (bicyclic) bond motifs is 2. The standard InChI is InChI=1S/C16H20ClFN4O3/c17-12-11(7-19-21-13(12)23)22-6-1-10(8-22)25-14(24)20-16-4-2-15(18,9-16)3-5-16/h7,10H,1-6,8-9H2,(H,20,24)(H,21,23)/t10-,15?,16?/m1/s1. The first-order chi connectivity index (χ1) is 11.9. The summed E-state index contributed by atoms with van der Waals surface area (Å²) in [6.07, 6.45) is 4.08. The highest BCUT2D eigenvalue weighted by atomic mass is 35.5. The lowest BCUT2D eigenvalue weighted by molar-refractivity contribution is 0.0975. The molecule has 7 nitrogen and oxygen atoms in total. The van der Waals surface area contributed by atoms with E-state index < -0.39 is 22.9 Å². The highest BCUT2D eigenvalue weighted by Crippen LogP contribution is 2.52. The van der Waals surface area contributed by atoms with Gasteiger partial charge in [0.15, 0.2) is 0 Å². The Morgan fingerprint density at radius 2 is 2.20 bits per heavy atom. The second-order valence-corrected chi connectivity index (χ2v) is 7.77.